The molecule has 0 spiro atoms. The molecule has 0 saturated carbocycles. The number of likely N-dealkylation sites (N-methyl/N-ethyl adjacent to an activating group) is 1. The molecule has 1 aliphatic rings. The van der Waals surface area contributed by atoms with Crippen LogP contribution in [0, 0.1) is 0 Å². The van der Waals surface area contributed by atoms with Crippen molar-refractivity contribution < 1.29 is 0 Å². The van der Waals surface area contributed by atoms with Gasteiger partial charge in [-0.25, -0.2) is 0 Å². The summed E-state index contributed by atoms with van der Waals surface area (Å²) < 4.78 is 0. The number of rotatable bonds is 1. The second-order valence-electron chi connectivity index (χ2n) is 3.86. The fourth-order valence-corrected chi connectivity index (χ4v) is 2.28. The van der Waals surface area contributed by atoms with E-state index in [2.05, 4.69) is 37.2 Å². The molecule has 0 amide bonds. The quantitative estimate of drug-likeness (QED) is 0.687. The predicted octanol–water partition coefficient (Wildman–Crippen LogP) is 3.54. The Labute approximate surface area is 91.8 Å². The molecule has 0 unspecified atom stereocenters. The third kappa shape index (κ3) is 3.43. The summed E-state index contributed by atoms with van der Waals surface area (Å²) >= 11 is 1.90. The smallest absolute Gasteiger partial charge is 0.0241 e. The molecule has 1 nitrogen and oxygen atoms in total. The van der Waals surface area contributed by atoms with Crippen molar-refractivity contribution in [3.05, 3.63) is 21.9 Å². The molecule has 1 aromatic heterocycles. The molecule has 0 aromatic carbocycles. The first-order chi connectivity index (χ1) is 6.77. The van der Waals surface area contributed by atoms with Gasteiger partial charge in [0.25, 0.3) is 0 Å². The number of thiophene rings is 1. The first-order valence-corrected chi connectivity index (χ1v) is 6.39. The van der Waals surface area contributed by atoms with Gasteiger partial charge in [-0.2, -0.15) is 0 Å². The number of nitrogens with zero attached hydrogens (tertiary/aromatic N) is 1. The topological polar surface area (TPSA) is 3.24 Å². The maximum Gasteiger partial charge on any atom is 0.0241 e. The van der Waals surface area contributed by atoms with Crippen molar-refractivity contribution in [3.8, 4) is 0 Å². The van der Waals surface area contributed by atoms with E-state index < -0.39 is 0 Å². The van der Waals surface area contributed by atoms with Gasteiger partial charge in [0.1, 0.15) is 0 Å². The van der Waals surface area contributed by atoms with Gasteiger partial charge in [0.2, 0.25) is 0 Å². The van der Waals surface area contributed by atoms with Crippen LogP contribution in [0.2, 0.25) is 0 Å². The van der Waals surface area contributed by atoms with E-state index in [-0.39, 0.29) is 0 Å². The molecule has 0 fully saturated rings. The standard InChI is InChI=1S/C8H11NS.C4H10/c1-9-4-2-8-7(6-9)3-5-10-8;1-3-4-2/h3,5H,2,4,6H2,1H3;3-4H2,1-2H3. The molecule has 80 valence electrons. The molecule has 0 bridgehead atoms. The number of fused-ring (bicyclic) bond motifs is 1. The minimum atomic E-state index is 1.15. The Morgan fingerprint density at radius 1 is 1.36 bits per heavy atom. The van der Waals surface area contributed by atoms with E-state index >= 15 is 0 Å². The van der Waals surface area contributed by atoms with Crippen LogP contribution in [0.5, 0.6) is 0 Å². The Bertz CT molecular complexity index is 253. The van der Waals surface area contributed by atoms with Gasteiger partial charge >= 0.3 is 0 Å². The van der Waals surface area contributed by atoms with Gasteiger partial charge in [0.15, 0.2) is 0 Å². The summed E-state index contributed by atoms with van der Waals surface area (Å²) in [5.41, 5.74) is 1.54. The van der Waals surface area contributed by atoms with Crippen molar-refractivity contribution >= 4 is 11.3 Å². The van der Waals surface area contributed by atoms with E-state index in [0.717, 1.165) is 6.54 Å². The lowest BCUT2D eigenvalue weighted by Gasteiger charge is -2.21. The Morgan fingerprint density at radius 2 is 2.07 bits per heavy atom. The van der Waals surface area contributed by atoms with E-state index in [1.165, 1.54) is 25.8 Å². The molecule has 1 aromatic rings. The molecular weight excluding hydrogens is 190 g/mol. The van der Waals surface area contributed by atoms with E-state index in [1.807, 2.05) is 11.3 Å². The molecule has 2 heterocycles. The molecule has 0 saturated heterocycles. The Balaban J connectivity index is 0.000000213. The fraction of sp³-hybridized carbons (Fsp3) is 0.667. The summed E-state index contributed by atoms with van der Waals surface area (Å²) in [4.78, 5) is 3.97. The number of unbranched alkanes of at least 4 members (excludes halogenated alkanes) is 1. The van der Waals surface area contributed by atoms with Crippen molar-refractivity contribution in [2.24, 2.45) is 0 Å². The predicted molar refractivity (Wildman–Crippen MR) is 64.9 cm³/mol. The minimum absolute atomic E-state index is 1.15. The first kappa shape index (κ1) is 11.7. The highest BCUT2D eigenvalue weighted by molar-refractivity contribution is 7.10. The van der Waals surface area contributed by atoms with Gasteiger partial charge in [-0.15, -0.1) is 11.3 Å². The van der Waals surface area contributed by atoms with E-state index in [1.54, 1.807) is 10.4 Å². The van der Waals surface area contributed by atoms with Gasteiger partial charge in [0.05, 0.1) is 0 Å². The number of hydrogen-bond donors (Lipinski definition) is 0. The van der Waals surface area contributed by atoms with Crippen molar-refractivity contribution in [2.75, 3.05) is 13.6 Å². The van der Waals surface area contributed by atoms with Gasteiger partial charge in [-0.05, 0) is 30.5 Å². The van der Waals surface area contributed by atoms with Crippen molar-refractivity contribution in [1.29, 1.82) is 0 Å². The molecule has 2 heteroatoms. The van der Waals surface area contributed by atoms with Gasteiger partial charge in [-0.3, -0.25) is 0 Å². The third-order valence-electron chi connectivity index (χ3n) is 2.50. The van der Waals surface area contributed by atoms with Crippen LogP contribution in [0.25, 0.3) is 0 Å². The SMILES string of the molecule is CCCC.CN1CCc2sccc2C1. The number of hydrogen-bond acceptors (Lipinski definition) is 2. The van der Waals surface area contributed by atoms with E-state index in [0.29, 0.717) is 0 Å². The third-order valence-corrected chi connectivity index (χ3v) is 3.52. The second-order valence-corrected chi connectivity index (χ2v) is 4.86. The lowest BCUT2D eigenvalue weighted by atomic mass is 10.1. The minimum Gasteiger partial charge on any atom is -0.302 e. The molecule has 14 heavy (non-hydrogen) atoms. The van der Waals surface area contributed by atoms with Gasteiger partial charge in [0, 0.05) is 18.0 Å². The van der Waals surface area contributed by atoms with Crippen LogP contribution in [0.15, 0.2) is 11.4 Å². The van der Waals surface area contributed by atoms with E-state index in [9.17, 15) is 0 Å². The zero-order chi connectivity index (χ0) is 10.4. The van der Waals surface area contributed by atoms with Crippen LogP contribution < -0.4 is 0 Å². The summed E-state index contributed by atoms with van der Waals surface area (Å²) in [6, 6.07) is 2.25. The van der Waals surface area contributed by atoms with Crippen molar-refractivity contribution in [1.82, 2.24) is 4.90 Å². The summed E-state index contributed by atoms with van der Waals surface area (Å²) in [6.45, 7) is 6.74. The maximum atomic E-state index is 2.37. The van der Waals surface area contributed by atoms with Crippen LogP contribution in [0.4, 0.5) is 0 Å². The Hall–Kier alpha value is -0.340. The summed E-state index contributed by atoms with van der Waals surface area (Å²) in [6.07, 6.45) is 3.89. The molecular formula is C12H21NS. The van der Waals surface area contributed by atoms with Gasteiger partial charge < -0.3 is 4.90 Å². The largest absolute Gasteiger partial charge is 0.302 e. The second kappa shape index (κ2) is 6.20. The van der Waals surface area contributed by atoms with Crippen LogP contribution in [0.1, 0.15) is 37.1 Å². The highest BCUT2D eigenvalue weighted by atomic mass is 32.1. The molecule has 0 atom stereocenters. The van der Waals surface area contributed by atoms with Crippen molar-refractivity contribution in [2.45, 2.75) is 39.7 Å². The highest BCUT2D eigenvalue weighted by Crippen LogP contribution is 2.22. The Kier molecular flexibility index (Phi) is 5.20. The zero-order valence-corrected chi connectivity index (χ0v) is 10.4. The van der Waals surface area contributed by atoms with Gasteiger partial charge in [-0.1, -0.05) is 26.7 Å². The van der Waals surface area contributed by atoms with E-state index in [4.69, 9.17) is 0 Å². The summed E-state index contributed by atoms with van der Waals surface area (Å²) in [5.74, 6) is 0. The van der Waals surface area contributed by atoms with Crippen molar-refractivity contribution in [3.63, 3.8) is 0 Å². The summed E-state index contributed by atoms with van der Waals surface area (Å²) in [7, 11) is 2.18. The summed E-state index contributed by atoms with van der Waals surface area (Å²) in [5, 5.41) is 2.20. The average molecular weight is 211 g/mol. The van der Waals surface area contributed by atoms with Crippen LogP contribution in [-0.2, 0) is 13.0 Å². The molecule has 0 aliphatic carbocycles. The molecule has 0 N–H and O–H groups in total. The highest BCUT2D eigenvalue weighted by Gasteiger charge is 2.12. The maximum absolute atomic E-state index is 2.37. The molecule has 1 aliphatic heterocycles. The first-order valence-electron chi connectivity index (χ1n) is 5.51. The normalized spacial score (nSPS) is 15.6. The van der Waals surface area contributed by atoms with Crippen LogP contribution in [0.3, 0.4) is 0 Å². The molecule has 0 radical (unpaired) electrons. The van der Waals surface area contributed by atoms with Crippen LogP contribution in [-0.4, -0.2) is 18.5 Å². The van der Waals surface area contributed by atoms with Crippen LogP contribution >= 0.6 is 11.3 Å². The Morgan fingerprint density at radius 3 is 2.71 bits per heavy atom. The lowest BCUT2D eigenvalue weighted by Crippen LogP contribution is -2.25. The fourth-order valence-electron chi connectivity index (χ4n) is 1.39. The zero-order valence-electron chi connectivity index (χ0n) is 9.55. The average Bonchev–Trinajstić information content (AvgIpc) is 2.65. The lowest BCUT2D eigenvalue weighted by molar-refractivity contribution is 0.315. The molecule has 2 rings (SSSR count). The monoisotopic (exact) mass is 211 g/mol.